The van der Waals surface area contributed by atoms with E-state index in [0.29, 0.717) is 0 Å². The van der Waals surface area contributed by atoms with Gasteiger partial charge in [0.25, 0.3) is 0 Å². The Kier molecular flexibility index (Phi) is 4.16. The Balaban J connectivity index is 2.14. The minimum absolute atomic E-state index is 0.110. The molecule has 0 spiro atoms. The monoisotopic (exact) mass is 321 g/mol. The van der Waals surface area contributed by atoms with Crippen LogP contribution in [0.2, 0.25) is 0 Å². The molecular formula is C16H20BrNO. The fourth-order valence-electron chi connectivity index (χ4n) is 2.25. The minimum atomic E-state index is -0.110. The van der Waals surface area contributed by atoms with Crippen molar-refractivity contribution in [3.05, 3.63) is 58.0 Å². The van der Waals surface area contributed by atoms with E-state index < -0.39 is 0 Å². The van der Waals surface area contributed by atoms with E-state index in [1.165, 1.54) is 5.56 Å². The molecule has 0 saturated carbocycles. The van der Waals surface area contributed by atoms with Gasteiger partial charge >= 0.3 is 0 Å². The molecule has 1 heterocycles. The zero-order valence-electron chi connectivity index (χ0n) is 11.8. The fourth-order valence-corrected chi connectivity index (χ4v) is 2.51. The summed E-state index contributed by atoms with van der Waals surface area (Å²) in [5, 5.41) is 3.61. The van der Waals surface area contributed by atoms with E-state index in [9.17, 15) is 0 Å². The van der Waals surface area contributed by atoms with Crippen molar-refractivity contribution in [2.24, 2.45) is 0 Å². The van der Waals surface area contributed by atoms with Crippen LogP contribution in [0.25, 0.3) is 0 Å². The molecule has 0 fully saturated rings. The number of benzene rings is 1. The molecule has 0 aliphatic rings. The summed E-state index contributed by atoms with van der Waals surface area (Å²) in [4.78, 5) is 0. The summed E-state index contributed by atoms with van der Waals surface area (Å²) in [6, 6.07) is 12.6. The van der Waals surface area contributed by atoms with Crippen LogP contribution in [-0.2, 0) is 5.54 Å². The SMILES string of the molecule is Cc1ccc(C(C)NC(C)(C)c2ccc(Br)cc2)o1. The van der Waals surface area contributed by atoms with Gasteiger partial charge in [-0.05, 0) is 57.5 Å². The number of halogens is 1. The molecule has 0 bridgehead atoms. The van der Waals surface area contributed by atoms with E-state index in [-0.39, 0.29) is 11.6 Å². The lowest BCUT2D eigenvalue weighted by Gasteiger charge is -2.30. The van der Waals surface area contributed by atoms with Gasteiger partial charge < -0.3 is 4.42 Å². The summed E-state index contributed by atoms with van der Waals surface area (Å²) in [5.74, 6) is 1.92. The number of aryl methyl sites for hydroxylation is 1. The van der Waals surface area contributed by atoms with E-state index in [1.807, 2.05) is 19.1 Å². The van der Waals surface area contributed by atoms with Gasteiger partial charge in [-0.15, -0.1) is 0 Å². The second-order valence-electron chi connectivity index (χ2n) is 5.45. The lowest BCUT2D eigenvalue weighted by atomic mass is 9.93. The summed E-state index contributed by atoms with van der Waals surface area (Å²) in [7, 11) is 0. The van der Waals surface area contributed by atoms with Gasteiger partial charge in [0, 0.05) is 10.0 Å². The third-order valence-electron chi connectivity index (χ3n) is 3.33. The maximum absolute atomic E-state index is 5.68. The van der Waals surface area contributed by atoms with Gasteiger partial charge in [0.2, 0.25) is 0 Å². The zero-order valence-corrected chi connectivity index (χ0v) is 13.4. The van der Waals surface area contributed by atoms with Crippen LogP contribution in [0.4, 0.5) is 0 Å². The number of hydrogen-bond acceptors (Lipinski definition) is 2. The van der Waals surface area contributed by atoms with Gasteiger partial charge in [0.1, 0.15) is 11.5 Å². The van der Waals surface area contributed by atoms with Crippen molar-refractivity contribution in [3.63, 3.8) is 0 Å². The standard InChI is InChI=1S/C16H20BrNO/c1-11-5-10-15(19-11)12(2)18-16(3,4)13-6-8-14(17)9-7-13/h5-10,12,18H,1-4H3. The summed E-state index contributed by atoms with van der Waals surface area (Å²) < 4.78 is 6.77. The molecule has 0 radical (unpaired) electrons. The van der Waals surface area contributed by atoms with Crippen molar-refractivity contribution in [2.75, 3.05) is 0 Å². The lowest BCUT2D eigenvalue weighted by molar-refractivity contribution is 0.319. The average molecular weight is 322 g/mol. The van der Waals surface area contributed by atoms with Crippen LogP contribution in [0.5, 0.6) is 0 Å². The molecule has 1 unspecified atom stereocenters. The first-order chi connectivity index (χ1) is 8.88. The van der Waals surface area contributed by atoms with Gasteiger partial charge in [0.15, 0.2) is 0 Å². The highest BCUT2D eigenvalue weighted by molar-refractivity contribution is 9.10. The molecule has 1 aromatic heterocycles. The smallest absolute Gasteiger partial charge is 0.120 e. The van der Waals surface area contributed by atoms with E-state index >= 15 is 0 Å². The Labute approximate surface area is 123 Å². The first kappa shape index (κ1) is 14.4. The van der Waals surface area contributed by atoms with Crippen LogP contribution in [0.3, 0.4) is 0 Å². The molecule has 102 valence electrons. The summed E-state index contributed by atoms with van der Waals surface area (Å²) in [5.41, 5.74) is 1.15. The number of hydrogen-bond donors (Lipinski definition) is 1. The van der Waals surface area contributed by atoms with Crippen molar-refractivity contribution >= 4 is 15.9 Å². The molecule has 2 rings (SSSR count). The van der Waals surface area contributed by atoms with Crippen LogP contribution in [0.15, 0.2) is 45.3 Å². The molecule has 3 heteroatoms. The zero-order chi connectivity index (χ0) is 14.0. The minimum Gasteiger partial charge on any atom is -0.465 e. The van der Waals surface area contributed by atoms with Crippen LogP contribution < -0.4 is 5.32 Å². The molecule has 1 atom stereocenters. The Morgan fingerprint density at radius 2 is 1.74 bits per heavy atom. The summed E-state index contributed by atoms with van der Waals surface area (Å²) >= 11 is 3.47. The fraction of sp³-hybridized carbons (Fsp3) is 0.375. The molecule has 0 aliphatic carbocycles. The molecule has 1 aromatic carbocycles. The number of furan rings is 1. The molecule has 0 saturated heterocycles. The second-order valence-corrected chi connectivity index (χ2v) is 6.36. The molecule has 2 aromatic rings. The maximum atomic E-state index is 5.68. The molecular weight excluding hydrogens is 302 g/mol. The van der Waals surface area contributed by atoms with Gasteiger partial charge in [-0.3, -0.25) is 5.32 Å². The second kappa shape index (κ2) is 5.51. The first-order valence-corrected chi connectivity index (χ1v) is 7.28. The van der Waals surface area contributed by atoms with Crippen LogP contribution >= 0.6 is 15.9 Å². The molecule has 19 heavy (non-hydrogen) atoms. The largest absolute Gasteiger partial charge is 0.465 e. The van der Waals surface area contributed by atoms with E-state index in [4.69, 9.17) is 4.42 Å². The number of nitrogens with one attached hydrogen (secondary N) is 1. The highest BCUT2D eigenvalue weighted by atomic mass is 79.9. The molecule has 1 N–H and O–H groups in total. The summed E-state index contributed by atoms with van der Waals surface area (Å²) in [6.45, 7) is 8.46. The van der Waals surface area contributed by atoms with Gasteiger partial charge in [0.05, 0.1) is 6.04 Å². The quantitative estimate of drug-likeness (QED) is 0.863. The maximum Gasteiger partial charge on any atom is 0.120 e. The summed E-state index contributed by atoms with van der Waals surface area (Å²) in [6.07, 6.45) is 0. The first-order valence-electron chi connectivity index (χ1n) is 6.48. The third-order valence-corrected chi connectivity index (χ3v) is 3.86. The third kappa shape index (κ3) is 3.48. The Hall–Kier alpha value is -1.06. The average Bonchev–Trinajstić information content (AvgIpc) is 2.76. The van der Waals surface area contributed by atoms with Crippen molar-refractivity contribution in [2.45, 2.75) is 39.3 Å². The Morgan fingerprint density at radius 3 is 2.26 bits per heavy atom. The van der Waals surface area contributed by atoms with E-state index in [0.717, 1.165) is 16.0 Å². The van der Waals surface area contributed by atoms with Crippen LogP contribution in [0, 0.1) is 6.92 Å². The van der Waals surface area contributed by atoms with Crippen LogP contribution in [-0.4, -0.2) is 0 Å². The lowest BCUT2D eigenvalue weighted by Crippen LogP contribution is -2.38. The molecule has 0 aliphatic heterocycles. The van der Waals surface area contributed by atoms with Crippen molar-refractivity contribution < 1.29 is 4.42 Å². The van der Waals surface area contributed by atoms with Gasteiger partial charge in [-0.1, -0.05) is 28.1 Å². The van der Waals surface area contributed by atoms with E-state index in [1.54, 1.807) is 0 Å². The highest BCUT2D eigenvalue weighted by Crippen LogP contribution is 2.26. The highest BCUT2D eigenvalue weighted by Gasteiger charge is 2.24. The van der Waals surface area contributed by atoms with Crippen molar-refractivity contribution in [1.82, 2.24) is 5.32 Å². The van der Waals surface area contributed by atoms with Crippen LogP contribution in [0.1, 0.15) is 43.9 Å². The molecule has 2 nitrogen and oxygen atoms in total. The predicted molar refractivity (Wildman–Crippen MR) is 82.2 cm³/mol. The normalized spacial score (nSPS) is 13.5. The van der Waals surface area contributed by atoms with Crippen molar-refractivity contribution in [1.29, 1.82) is 0 Å². The van der Waals surface area contributed by atoms with Gasteiger partial charge in [-0.25, -0.2) is 0 Å². The predicted octanol–water partition coefficient (Wildman–Crippen LogP) is 4.94. The Morgan fingerprint density at radius 1 is 1.11 bits per heavy atom. The van der Waals surface area contributed by atoms with Crippen molar-refractivity contribution in [3.8, 4) is 0 Å². The number of rotatable bonds is 4. The van der Waals surface area contributed by atoms with E-state index in [2.05, 4.69) is 66.3 Å². The van der Waals surface area contributed by atoms with Gasteiger partial charge in [-0.2, -0.15) is 0 Å². The topological polar surface area (TPSA) is 25.2 Å². The Bertz CT molecular complexity index is 542. The molecule has 0 amide bonds.